The minimum absolute atomic E-state index is 0.696. The minimum atomic E-state index is 0.696. The third-order valence-corrected chi connectivity index (χ3v) is 3.70. The Bertz CT molecular complexity index is 952. The number of imidazole rings is 1. The molecule has 4 rings (SSSR count). The fourth-order valence-corrected chi connectivity index (χ4v) is 2.54. The van der Waals surface area contributed by atoms with E-state index in [0.29, 0.717) is 5.02 Å². The van der Waals surface area contributed by atoms with Crippen molar-refractivity contribution in [2.75, 3.05) is 0 Å². The quantitative estimate of drug-likeness (QED) is 0.569. The van der Waals surface area contributed by atoms with E-state index in [4.69, 9.17) is 11.6 Å². The Labute approximate surface area is 131 Å². The fourth-order valence-electron chi connectivity index (χ4n) is 2.42. The summed E-state index contributed by atoms with van der Waals surface area (Å²) in [5.74, 6) is 1.51. The summed E-state index contributed by atoms with van der Waals surface area (Å²) in [5.41, 5.74) is 2.94. The van der Waals surface area contributed by atoms with E-state index in [1.54, 1.807) is 6.33 Å². The first kappa shape index (κ1) is 13.0. The maximum Gasteiger partial charge on any atom is 0.164 e. The van der Waals surface area contributed by atoms with Crippen molar-refractivity contribution >= 4 is 17.1 Å². The Balaban J connectivity index is 1.89. The van der Waals surface area contributed by atoms with Gasteiger partial charge in [0.1, 0.15) is 5.82 Å². The van der Waals surface area contributed by atoms with Crippen LogP contribution in [0.2, 0.25) is 5.02 Å². The molecule has 0 N–H and O–H groups in total. The fraction of sp³-hybridized carbons (Fsp3) is 0.0625. The van der Waals surface area contributed by atoms with E-state index in [1.165, 1.54) is 0 Å². The summed E-state index contributed by atoms with van der Waals surface area (Å²) in [4.78, 5) is 8.69. The lowest BCUT2D eigenvalue weighted by Gasteiger charge is -2.06. The highest BCUT2D eigenvalue weighted by Crippen LogP contribution is 2.22. The van der Waals surface area contributed by atoms with E-state index in [0.717, 1.165) is 28.4 Å². The van der Waals surface area contributed by atoms with Crippen molar-refractivity contribution in [1.82, 2.24) is 24.1 Å². The van der Waals surface area contributed by atoms with Gasteiger partial charge in [0.25, 0.3) is 0 Å². The number of hydrogen-bond donors (Lipinski definition) is 0. The minimum Gasteiger partial charge on any atom is -0.306 e. The molecule has 3 aromatic heterocycles. The highest BCUT2D eigenvalue weighted by molar-refractivity contribution is 6.30. The summed E-state index contributed by atoms with van der Waals surface area (Å²) in [7, 11) is 0. The van der Waals surface area contributed by atoms with Gasteiger partial charge in [0.2, 0.25) is 0 Å². The van der Waals surface area contributed by atoms with Crippen LogP contribution >= 0.6 is 11.6 Å². The molecule has 4 aromatic rings. The lowest BCUT2D eigenvalue weighted by atomic mass is 10.2. The summed E-state index contributed by atoms with van der Waals surface area (Å²) in [5, 5.41) is 5.19. The van der Waals surface area contributed by atoms with Crippen LogP contribution in [-0.2, 0) is 0 Å². The summed E-state index contributed by atoms with van der Waals surface area (Å²) in [6, 6.07) is 11.6. The van der Waals surface area contributed by atoms with Crippen molar-refractivity contribution in [2.45, 2.75) is 6.92 Å². The summed E-state index contributed by atoms with van der Waals surface area (Å²) in [6.07, 6.45) is 5.59. The zero-order valence-corrected chi connectivity index (χ0v) is 12.6. The second-order valence-corrected chi connectivity index (χ2v) is 5.45. The first-order chi connectivity index (χ1) is 10.7. The molecule has 0 spiro atoms. The predicted molar refractivity (Wildman–Crippen MR) is 85.3 cm³/mol. The van der Waals surface area contributed by atoms with Crippen LogP contribution in [0.4, 0.5) is 0 Å². The molecule has 0 atom stereocenters. The van der Waals surface area contributed by atoms with E-state index in [9.17, 15) is 0 Å². The molecule has 1 aromatic carbocycles. The molecule has 0 aliphatic rings. The van der Waals surface area contributed by atoms with Gasteiger partial charge in [-0.05, 0) is 43.3 Å². The third-order valence-electron chi connectivity index (χ3n) is 3.45. The molecule has 3 heterocycles. The molecule has 108 valence electrons. The monoisotopic (exact) mass is 309 g/mol. The van der Waals surface area contributed by atoms with Gasteiger partial charge in [-0.15, -0.1) is 0 Å². The van der Waals surface area contributed by atoms with Gasteiger partial charge in [0, 0.05) is 16.8 Å². The van der Waals surface area contributed by atoms with Crippen LogP contribution in [0.1, 0.15) is 5.82 Å². The number of hydrogen-bond acceptors (Lipinski definition) is 3. The largest absolute Gasteiger partial charge is 0.306 e. The molecule has 0 amide bonds. The second kappa shape index (κ2) is 4.96. The second-order valence-electron chi connectivity index (χ2n) is 5.01. The zero-order chi connectivity index (χ0) is 15.1. The molecule has 0 unspecified atom stereocenters. The van der Waals surface area contributed by atoms with Crippen LogP contribution in [0, 0.1) is 6.92 Å². The van der Waals surface area contributed by atoms with Gasteiger partial charge < -0.3 is 4.40 Å². The lowest BCUT2D eigenvalue weighted by Crippen LogP contribution is -2.00. The molecule has 0 saturated heterocycles. The number of rotatable bonds is 2. The summed E-state index contributed by atoms with van der Waals surface area (Å²) < 4.78 is 3.79. The van der Waals surface area contributed by atoms with E-state index in [-0.39, 0.29) is 0 Å². The van der Waals surface area contributed by atoms with Gasteiger partial charge in [-0.3, -0.25) is 0 Å². The molecule has 22 heavy (non-hydrogen) atoms. The molecule has 0 bridgehead atoms. The molecule has 0 fully saturated rings. The number of pyridine rings is 1. The number of aromatic nitrogens is 5. The molecule has 6 heteroatoms. The predicted octanol–water partition coefficient (Wildman–Crippen LogP) is 3.54. The van der Waals surface area contributed by atoms with E-state index < -0.39 is 0 Å². The maximum absolute atomic E-state index is 5.96. The Kier molecular flexibility index (Phi) is 2.94. The summed E-state index contributed by atoms with van der Waals surface area (Å²) >= 11 is 5.96. The van der Waals surface area contributed by atoms with Crippen LogP contribution in [0.25, 0.3) is 22.6 Å². The average Bonchev–Trinajstić information content (AvgIpc) is 3.13. The third kappa shape index (κ3) is 2.16. The van der Waals surface area contributed by atoms with Gasteiger partial charge in [0.15, 0.2) is 5.82 Å². The van der Waals surface area contributed by atoms with E-state index in [1.807, 2.05) is 64.8 Å². The Hall–Kier alpha value is -2.66. The normalized spacial score (nSPS) is 11.2. The first-order valence-corrected chi connectivity index (χ1v) is 7.20. The van der Waals surface area contributed by atoms with E-state index in [2.05, 4.69) is 15.1 Å². The standard InChI is InChI=1S/C16H12ClN5/c1-11-19-16(12-2-5-15-8-18-10-21(15)9-12)22(20-11)14-6-3-13(17)4-7-14/h2-10H,1H3. The molecule has 0 radical (unpaired) electrons. The Morgan fingerprint density at radius 3 is 2.68 bits per heavy atom. The highest BCUT2D eigenvalue weighted by atomic mass is 35.5. The van der Waals surface area contributed by atoms with Crippen molar-refractivity contribution in [3.63, 3.8) is 0 Å². The number of aryl methyl sites for hydroxylation is 1. The van der Waals surface area contributed by atoms with Gasteiger partial charge in [-0.2, -0.15) is 5.10 Å². The van der Waals surface area contributed by atoms with Gasteiger partial charge in [-0.1, -0.05) is 11.6 Å². The van der Waals surface area contributed by atoms with Crippen LogP contribution < -0.4 is 0 Å². The summed E-state index contributed by atoms with van der Waals surface area (Å²) in [6.45, 7) is 1.88. The number of nitrogens with zero attached hydrogens (tertiary/aromatic N) is 5. The molecular formula is C16H12ClN5. The SMILES string of the molecule is Cc1nc(-c2ccc3cncn3c2)n(-c2ccc(Cl)cc2)n1. The van der Waals surface area contributed by atoms with Crippen LogP contribution in [0.5, 0.6) is 0 Å². The maximum atomic E-state index is 5.96. The first-order valence-electron chi connectivity index (χ1n) is 6.82. The topological polar surface area (TPSA) is 48.0 Å². The molecule has 0 aliphatic carbocycles. The van der Waals surface area contributed by atoms with Crippen LogP contribution in [0.3, 0.4) is 0 Å². The van der Waals surface area contributed by atoms with Gasteiger partial charge >= 0.3 is 0 Å². The van der Waals surface area contributed by atoms with Crippen molar-refractivity contribution in [2.24, 2.45) is 0 Å². The molecule has 5 nitrogen and oxygen atoms in total. The molecule has 0 aliphatic heterocycles. The lowest BCUT2D eigenvalue weighted by molar-refractivity contribution is 0.868. The van der Waals surface area contributed by atoms with Crippen molar-refractivity contribution in [3.05, 3.63) is 66.0 Å². The van der Waals surface area contributed by atoms with Gasteiger partial charge in [-0.25, -0.2) is 14.6 Å². The van der Waals surface area contributed by atoms with Crippen molar-refractivity contribution in [3.8, 4) is 17.1 Å². The molecule has 0 saturated carbocycles. The Morgan fingerprint density at radius 1 is 1.05 bits per heavy atom. The number of halogens is 1. The molecular weight excluding hydrogens is 298 g/mol. The van der Waals surface area contributed by atoms with Crippen LogP contribution in [0.15, 0.2) is 55.1 Å². The van der Waals surface area contributed by atoms with Crippen LogP contribution in [-0.4, -0.2) is 24.1 Å². The van der Waals surface area contributed by atoms with Crippen molar-refractivity contribution in [1.29, 1.82) is 0 Å². The van der Waals surface area contributed by atoms with Gasteiger partial charge in [0.05, 0.1) is 23.7 Å². The zero-order valence-electron chi connectivity index (χ0n) is 11.8. The van der Waals surface area contributed by atoms with E-state index >= 15 is 0 Å². The van der Waals surface area contributed by atoms with Crippen molar-refractivity contribution < 1.29 is 0 Å². The smallest absolute Gasteiger partial charge is 0.164 e. The Morgan fingerprint density at radius 2 is 1.86 bits per heavy atom. The number of benzene rings is 1. The number of fused-ring (bicyclic) bond motifs is 1. The average molecular weight is 310 g/mol. The highest BCUT2D eigenvalue weighted by Gasteiger charge is 2.12.